The Balaban J connectivity index is 0.785. The van der Waals surface area contributed by atoms with Crippen LogP contribution in [0.3, 0.4) is 0 Å². The zero-order valence-electron chi connectivity index (χ0n) is 55.9. The van der Waals surface area contributed by atoms with E-state index >= 15 is 57.5 Å². The van der Waals surface area contributed by atoms with Crippen molar-refractivity contribution in [1.82, 2.24) is 160 Å². The van der Waals surface area contributed by atoms with E-state index in [2.05, 4.69) is 37.2 Å². The fourth-order valence-corrected chi connectivity index (χ4v) is 19.1. The Kier molecular flexibility index (Phi) is 12.8. The minimum absolute atomic E-state index is 0.231. The maximum atomic E-state index is 16.0. The molecule has 18 aliphatic heterocycles. The van der Waals surface area contributed by atoms with Gasteiger partial charge in [-0.2, -0.15) is 0 Å². The molecule has 17 bridgehead atoms. The van der Waals surface area contributed by atoms with Gasteiger partial charge in [-0.15, -0.1) is 0 Å². The van der Waals surface area contributed by atoms with Crippen LogP contribution in [0.25, 0.3) is 0 Å². The van der Waals surface area contributed by atoms with E-state index in [9.17, 15) is 14.4 Å². The van der Waals surface area contributed by atoms with Crippen LogP contribution in [0.4, 0.5) is 57.5 Å². The smallest absolute Gasteiger partial charge is 0.321 e. The number of nitrogens with one attached hydrogen (secondary N) is 7. The second-order valence-corrected chi connectivity index (χ2v) is 29.3. The summed E-state index contributed by atoms with van der Waals surface area (Å²) in [6.07, 6.45) is -11.2. The van der Waals surface area contributed by atoms with E-state index in [1.165, 1.54) is 130 Å². The topological polar surface area (TPSA) is 421 Å². The first-order valence-electron chi connectivity index (χ1n) is 33.3. The molecule has 14 atom stereocenters. The van der Waals surface area contributed by atoms with E-state index in [1.807, 2.05) is 0 Å². The summed E-state index contributed by atoms with van der Waals surface area (Å²) in [5, 5.41) is 22.3. The van der Waals surface area contributed by atoms with Crippen molar-refractivity contribution in [2.24, 2.45) is 0 Å². The van der Waals surface area contributed by atoms with Crippen LogP contribution in [0.5, 0.6) is 0 Å². The Hall–Kier alpha value is -10.5. The lowest BCUT2D eigenvalue weighted by molar-refractivity contribution is -0.132. The number of rotatable bonds is 3. The molecule has 47 nitrogen and oxygen atoms in total. The summed E-state index contributed by atoms with van der Waals surface area (Å²) in [5.74, 6) is 0. The van der Waals surface area contributed by atoms with Gasteiger partial charge in [0.15, 0.2) is 23.7 Å². The van der Waals surface area contributed by atoms with Crippen molar-refractivity contribution in [3.05, 3.63) is 0 Å². The van der Waals surface area contributed by atoms with Crippen molar-refractivity contribution in [1.29, 1.82) is 0 Å². The average Bonchev–Trinajstić information content (AvgIpc) is 1.50. The summed E-state index contributed by atoms with van der Waals surface area (Å²) < 4.78 is 0. The minimum atomic E-state index is -1.79. The molecular formula is C54H76N32O15. The number of hydrogen-bond donors (Lipinski definition) is 7. The van der Waals surface area contributed by atoms with Gasteiger partial charge in [0.25, 0.3) is 0 Å². The number of carbonyl (C=O) groups is 15. The molecule has 18 heterocycles. The second-order valence-electron chi connectivity index (χ2n) is 29.3. The van der Waals surface area contributed by atoms with Gasteiger partial charge in [-0.3, -0.25) is 139 Å². The summed E-state index contributed by atoms with van der Waals surface area (Å²) in [6, 6.07) is -10.2. The van der Waals surface area contributed by atoms with Gasteiger partial charge in [-0.1, -0.05) is 0 Å². The molecule has 0 aromatic heterocycles. The van der Waals surface area contributed by atoms with Crippen LogP contribution in [0, 0.1) is 0 Å². The zero-order valence-corrected chi connectivity index (χ0v) is 55.9. The molecule has 0 aromatic carbocycles. The van der Waals surface area contributed by atoms with E-state index in [0.717, 1.165) is 0 Å². The Morgan fingerprint density at radius 3 is 1.41 bits per heavy atom. The molecule has 0 saturated carbocycles. The highest BCUT2D eigenvalue weighted by Gasteiger charge is 2.79. The molecule has 7 N–H and O–H groups in total. The summed E-state index contributed by atoms with van der Waals surface area (Å²) >= 11 is 0. The van der Waals surface area contributed by atoms with E-state index in [-0.39, 0.29) is 33.2 Å². The predicted octanol–water partition coefficient (Wildman–Crippen LogP) is -7.66. The molecule has 18 saturated heterocycles. The summed E-state index contributed by atoms with van der Waals surface area (Å²) in [7, 11) is 1.43. The van der Waals surface area contributed by atoms with Gasteiger partial charge in [-0.05, 0) is 41.5 Å². The van der Waals surface area contributed by atoms with Gasteiger partial charge in [0.1, 0.15) is 108 Å². The molecule has 27 amide bonds. The van der Waals surface area contributed by atoms with E-state index in [0.29, 0.717) is 19.2 Å². The van der Waals surface area contributed by atoms with Crippen molar-refractivity contribution in [3.8, 4) is 0 Å². The van der Waals surface area contributed by atoms with Crippen LogP contribution < -0.4 is 37.2 Å². The summed E-state index contributed by atoms with van der Waals surface area (Å²) in [4.78, 5) is 260. The number of fused-ring (bicyclic) bond motifs is 12. The lowest BCUT2D eigenvalue weighted by Crippen LogP contribution is -2.74. The standard InChI is InChI=1S/C54H76N32O15/c1-28-30-56-10-63-8-29-70-19-76-36(65(26-88)17-71(29)42(63)93)34-59-15-81-49(100)85-24-79-38-37-69(44(95)78(38)23-86-50(101)84(21-75(34)46(76)97)53(81,5)54(85,86)6)13-61-40(91)82-20-74-32(58-14-80-48(99)83(22-77(37)47(79)98)51(2,3)52(80,82)4)31-57-11-68-35(66(27-89)18-72(31)45(74)96)33(73(43(68)94)16-64(28)25-87)55-9-62(7)41(92)67(30)12-60-39(70)90/h25-38,55-59H,8-24H2,1-7H3,(H,60,90)(H,61,91). The molecule has 47 heteroatoms. The van der Waals surface area contributed by atoms with Crippen LogP contribution in [0.2, 0.25) is 0 Å². The quantitative estimate of drug-likeness (QED) is 0.129. The number of hydrogen-bond acceptors (Lipinski definition) is 20. The first-order valence-corrected chi connectivity index (χ1v) is 33.3. The van der Waals surface area contributed by atoms with Crippen LogP contribution in [-0.4, -0.2) is 425 Å². The molecule has 18 aliphatic rings. The van der Waals surface area contributed by atoms with Gasteiger partial charge in [0.2, 0.25) is 19.2 Å². The number of amides is 27. The Morgan fingerprint density at radius 2 is 0.743 bits per heavy atom. The molecule has 18 rings (SSSR count). The van der Waals surface area contributed by atoms with E-state index in [1.54, 1.807) is 41.5 Å². The lowest BCUT2D eigenvalue weighted by atomic mass is 9.87. The molecule has 0 radical (unpaired) electrons. The molecule has 101 heavy (non-hydrogen) atoms. The Morgan fingerprint density at radius 1 is 0.327 bits per heavy atom. The Bertz CT molecular complexity index is 3820. The molecule has 0 aromatic rings. The maximum Gasteiger partial charge on any atom is 0.326 e. The molecule has 0 spiro atoms. The molecule has 0 aliphatic carbocycles. The van der Waals surface area contributed by atoms with Crippen molar-refractivity contribution >= 4 is 91.6 Å². The fraction of sp³-hybridized carbons (Fsp3) is 0.722. The number of nitrogens with zero attached hydrogens (tertiary/aromatic N) is 25. The first kappa shape index (κ1) is 62.7. The summed E-state index contributed by atoms with van der Waals surface area (Å²) in [5.41, 5.74) is -6.74. The van der Waals surface area contributed by atoms with Crippen molar-refractivity contribution in [2.45, 2.75) is 132 Å². The monoisotopic (exact) mass is 1410 g/mol. The number of carbonyl (C=O) groups excluding carboxylic acids is 15. The van der Waals surface area contributed by atoms with Crippen molar-refractivity contribution < 1.29 is 71.9 Å². The third kappa shape index (κ3) is 7.48. The van der Waals surface area contributed by atoms with Crippen LogP contribution >= 0.6 is 0 Å². The molecule has 14 unspecified atom stereocenters. The van der Waals surface area contributed by atoms with Crippen molar-refractivity contribution in [3.63, 3.8) is 0 Å². The van der Waals surface area contributed by atoms with Gasteiger partial charge < -0.3 is 35.1 Å². The normalized spacial score (nSPS) is 37.9. The summed E-state index contributed by atoms with van der Waals surface area (Å²) in [6.45, 7) is 1.62. The third-order valence-electron chi connectivity index (χ3n) is 25.2. The van der Waals surface area contributed by atoms with E-state index < -0.39 is 243 Å². The fourth-order valence-electron chi connectivity index (χ4n) is 19.1. The largest absolute Gasteiger partial charge is 0.326 e. The average molecular weight is 1410 g/mol. The van der Waals surface area contributed by atoms with Gasteiger partial charge in [0.05, 0.1) is 71.5 Å². The predicted molar refractivity (Wildman–Crippen MR) is 326 cm³/mol. The second kappa shape index (κ2) is 20.6. The van der Waals surface area contributed by atoms with Gasteiger partial charge >= 0.3 is 72.4 Å². The highest BCUT2D eigenvalue weighted by molar-refractivity contribution is 5.93. The molecular weight excluding hydrogens is 1340 g/mol. The van der Waals surface area contributed by atoms with Crippen LogP contribution in [0.15, 0.2) is 0 Å². The maximum absolute atomic E-state index is 16.0. The Labute approximate surface area is 573 Å². The highest BCUT2D eigenvalue weighted by atomic mass is 16.2. The van der Waals surface area contributed by atoms with Crippen LogP contribution in [0.1, 0.15) is 41.5 Å². The first-order chi connectivity index (χ1) is 48.2. The number of urea groups is 12. The minimum Gasteiger partial charge on any atom is -0.321 e. The van der Waals surface area contributed by atoms with Gasteiger partial charge in [-0.25, -0.2) is 57.5 Å². The zero-order chi connectivity index (χ0) is 70.8. The third-order valence-corrected chi connectivity index (χ3v) is 25.2. The van der Waals surface area contributed by atoms with Crippen molar-refractivity contribution in [2.75, 3.05) is 120 Å². The SMILES string of the molecule is CC1C2NCN3CC4N5CN6C(=O)N7CN8C(=O)N9CN%10C(=O)N%11CNC(=O)N%12CN%13C(=O)N%14CN(C=O)C%15C(NCN(C)C(=O)N2CNC5=O)N(CN1C=O)C(=O)N%15CNC%14C%13NCN1C(=O)N(CN2C(=O)N(CN5C(=O)N(CNC7C6N(C=O)CN4C3=O)C8(C)C59C)C%10C%112)C(C)(C)C%121C. The lowest BCUT2D eigenvalue weighted by Gasteiger charge is -2.53. The van der Waals surface area contributed by atoms with E-state index in [4.69, 9.17) is 0 Å². The molecule has 18 fully saturated rings. The van der Waals surface area contributed by atoms with Gasteiger partial charge in [0, 0.05) is 7.05 Å². The highest BCUT2D eigenvalue weighted by Crippen LogP contribution is 2.55. The molecule has 542 valence electrons. The van der Waals surface area contributed by atoms with Crippen LogP contribution in [-0.2, 0) is 14.4 Å².